The molecule has 1 aliphatic heterocycles. The van der Waals surface area contributed by atoms with Crippen molar-refractivity contribution < 1.29 is 4.79 Å². The normalized spacial score (nSPS) is 19.1. The summed E-state index contributed by atoms with van der Waals surface area (Å²) in [5.41, 5.74) is 0. The zero-order chi connectivity index (χ0) is 12.1. The zero-order valence-corrected chi connectivity index (χ0v) is 11.2. The van der Waals surface area contributed by atoms with Gasteiger partial charge in [0.15, 0.2) is 0 Å². The fraction of sp³-hybridized carbons (Fsp3) is 0.923. The van der Waals surface area contributed by atoms with Gasteiger partial charge in [-0.1, -0.05) is 0 Å². The molecule has 16 heavy (non-hydrogen) atoms. The third-order valence-electron chi connectivity index (χ3n) is 3.68. The van der Waals surface area contributed by atoms with Crippen LogP contribution in [-0.4, -0.2) is 47.9 Å². The molecule has 0 unspecified atom stereocenters. The summed E-state index contributed by atoms with van der Waals surface area (Å²) in [6, 6.07) is 0.615. The molecule has 0 bridgehead atoms. The van der Waals surface area contributed by atoms with E-state index in [1.54, 1.807) is 0 Å². The molecule has 0 atom stereocenters. The van der Waals surface area contributed by atoms with Crippen molar-refractivity contribution >= 4 is 5.91 Å². The van der Waals surface area contributed by atoms with E-state index in [1.165, 1.54) is 0 Å². The smallest absolute Gasteiger partial charge is 0.225 e. The van der Waals surface area contributed by atoms with E-state index in [-0.39, 0.29) is 5.92 Å². The van der Waals surface area contributed by atoms with Crippen LogP contribution in [0.1, 0.15) is 40.5 Å². The van der Waals surface area contributed by atoms with Crippen molar-refractivity contribution in [3.63, 3.8) is 0 Å². The van der Waals surface area contributed by atoms with Crippen LogP contribution in [0.2, 0.25) is 0 Å². The maximum Gasteiger partial charge on any atom is 0.225 e. The second-order valence-electron chi connectivity index (χ2n) is 4.91. The molecule has 1 aliphatic rings. The van der Waals surface area contributed by atoms with Gasteiger partial charge in [0, 0.05) is 25.0 Å². The third kappa shape index (κ3) is 3.21. The lowest BCUT2D eigenvalue weighted by Gasteiger charge is -2.35. The number of likely N-dealkylation sites (tertiary alicyclic amines) is 1. The molecule has 1 amide bonds. The monoisotopic (exact) mass is 226 g/mol. The van der Waals surface area contributed by atoms with E-state index in [4.69, 9.17) is 0 Å². The first-order valence-electron chi connectivity index (χ1n) is 6.62. The second-order valence-corrected chi connectivity index (χ2v) is 4.91. The average molecular weight is 226 g/mol. The van der Waals surface area contributed by atoms with Gasteiger partial charge in [-0.05, 0) is 53.6 Å². The quantitative estimate of drug-likeness (QED) is 0.732. The molecule has 3 nitrogen and oxygen atoms in total. The van der Waals surface area contributed by atoms with Crippen LogP contribution in [0.5, 0.6) is 0 Å². The van der Waals surface area contributed by atoms with Gasteiger partial charge in [-0.2, -0.15) is 0 Å². The van der Waals surface area contributed by atoms with Crippen molar-refractivity contribution in [2.75, 3.05) is 26.2 Å². The molecule has 0 aromatic carbocycles. The molecular formula is C13H26N2O. The van der Waals surface area contributed by atoms with Crippen molar-refractivity contribution in [3.05, 3.63) is 0 Å². The summed E-state index contributed by atoms with van der Waals surface area (Å²) >= 11 is 0. The molecular weight excluding hydrogens is 200 g/mol. The topological polar surface area (TPSA) is 23.6 Å². The number of hydrogen-bond donors (Lipinski definition) is 0. The average Bonchev–Trinajstić information content (AvgIpc) is 2.30. The van der Waals surface area contributed by atoms with Gasteiger partial charge in [-0.15, -0.1) is 0 Å². The molecule has 1 rings (SSSR count). The van der Waals surface area contributed by atoms with Crippen LogP contribution >= 0.6 is 0 Å². The molecule has 3 heteroatoms. The highest BCUT2D eigenvalue weighted by atomic mass is 16.2. The van der Waals surface area contributed by atoms with E-state index in [0.29, 0.717) is 11.9 Å². The molecule has 0 radical (unpaired) electrons. The molecule has 1 heterocycles. The van der Waals surface area contributed by atoms with Crippen LogP contribution in [0.3, 0.4) is 0 Å². The lowest BCUT2D eigenvalue weighted by atomic mass is 9.94. The minimum Gasteiger partial charge on any atom is -0.343 e. The van der Waals surface area contributed by atoms with Crippen LogP contribution in [0.25, 0.3) is 0 Å². The maximum atomic E-state index is 12.1. The van der Waals surface area contributed by atoms with Gasteiger partial charge in [0.05, 0.1) is 0 Å². The first-order valence-corrected chi connectivity index (χ1v) is 6.62. The fourth-order valence-corrected chi connectivity index (χ4v) is 2.46. The van der Waals surface area contributed by atoms with E-state index in [1.807, 2.05) is 4.90 Å². The summed E-state index contributed by atoms with van der Waals surface area (Å²) in [5.74, 6) is 0.642. The summed E-state index contributed by atoms with van der Waals surface area (Å²) in [7, 11) is 0. The fourth-order valence-electron chi connectivity index (χ4n) is 2.46. The Morgan fingerprint density at radius 3 is 2.12 bits per heavy atom. The molecule has 0 aliphatic carbocycles. The molecule has 94 valence electrons. The van der Waals surface area contributed by atoms with Gasteiger partial charge in [0.25, 0.3) is 0 Å². The van der Waals surface area contributed by atoms with E-state index in [9.17, 15) is 4.79 Å². The number of rotatable bonds is 4. The summed E-state index contributed by atoms with van der Waals surface area (Å²) in [6.07, 6.45) is 2.07. The standard InChI is InChI=1S/C13H26N2O/c1-5-14(6-2)13(16)12-7-9-15(10-8-12)11(3)4/h11-12H,5-10H2,1-4H3. The van der Waals surface area contributed by atoms with Gasteiger partial charge in [0.2, 0.25) is 5.91 Å². The SMILES string of the molecule is CCN(CC)C(=O)C1CCN(C(C)C)CC1. The number of piperidine rings is 1. The third-order valence-corrected chi connectivity index (χ3v) is 3.68. The summed E-state index contributed by atoms with van der Waals surface area (Å²) in [4.78, 5) is 16.6. The minimum absolute atomic E-state index is 0.273. The van der Waals surface area contributed by atoms with Crippen LogP contribution in [0.4, 0.5) is 0 Å². The van der Waals surface area contributed by atoms with E-state index >= 15 is 0 Å². The molecule has 0 saturated carbocycles. The van der Waals surface area contributed by atoms with Crippen molar-refractivity contribution in [2.24, 2.45) is 5.92 Å². The molecule has 0 spiro atoms. The van der Waals surface area contributed by atoms with Crippen LogP contribution in [0.15, 0.2) is 0 Å². The molecule has 1 fully saturated rings. The first-order chi connectivity index (χ1) is 7.60. The number of amides is 1. The van der Waals surface area contributed by atoms with Crippen LogP contribution in [0, 0.1) is 5.92 Å². The Kier molecular flexibility index (Phi) is 5.26. The van der Waals surface area contributed by atoms with E-state index in [0.717, 1.165) is 39.0 Å². The van der Waals surface area contributed by atoms with Gasteiger partial charge < -0.3 is 9.80 Å². The Morgan fingerprint density at radius 1 is 1.25 bits per heavy atom. The molecule has 0 aromatic rings. The first kappa shape index (κ1) is 13.5. The minimum atomic E-state index is 0.273. The highest BCUT2D eigenvalue weighted by Gasteiger charge is 2.27. The Hall–Kier alpha value is -0.570. The van der Waals surface area contributed by atoms with E-state index < -0.39 is 0 Å². The highest BCUT2D eigenvalue weighted by Crippen LogP contribution is 2.20. The summed E-state index contributed by atoms with van der Waals surface area (Å²) in [5, 5.41) is 0. The van der Waals surface area contributed by atoms with Gasteiger partial charge >= 0.3 is 0 Å². The van der Waals surface area contributed by atoms with Gasteiger partial charge in [-0.25, -0.2) is 0 Å². The van der Waals surface area contributed by atoms with Crippen LogP contribution in [-0.2, 0) is 4.79 Å². The van der Waals surface area contributed by atoms with Crippen molar-refractivity contribution in [2.45, 2.75) is 46.6 Å². The largest absolute Gasteiger partial charge is 0.343 e. The molecule has 0 N–H and O–H groups in total. The molecule has 0 aromatic heterocycles. The zero-order valence-electron chi connectivity index (χ0n) is 11.2. The lowest BCUT2D eigenvalue weighted by Crippen LogP contribution is -2.44. The van der Waals surface area contributed by atoms with E-state index in [2.05, 4.69) is 32.6 Å². The number of carbonyl (C=O) groups is 1. The Bertz CT molecular complexity index is 216. The number of carbonyl (C=O) groups excluding carboxylic acids is 1. The van der Waals surface area contributed by atoms with Crippen molar-refractivity contribution in [3.8, 4) is 0 Å². The Labute approximate surface area is 99.8 Å². The summed E-state index contributed by atoms with van der Waals surface area (Å²) in [6.45, 7) is 12.4. The van der Waals surface area contributed by atoms with Gasteiger partial charge in [0.1, 0.15) is 0 Å². The van der Waals surface area contributed by atoms with Crippen LogP contribution < -0.4 is 0 Å². The highest BCUT2D eigenvalue weighted by molar-refractivity contribution is 5.78. The summed E-state index contributed by atoms with van der Waals surface area (Å²) < 4.78 is 0. The maximum absolute atomic E-state index is 12.1. The number of hydrogen-bond acceptors (Lipinski definition) is 2. The Balaban J connectivity index is 2.44. The van der Waals surface area contributed by atoms with Gasteiger partial charge in [-0.3, -0.25) is 4.79 Å². The van der Waals surface area contributed by atoms with Crippen molar-refractivity contribution in [1.29, 1.82) is 0 Å². The number of nitrogens with zero attached hydrogens (tertiary/aromatic N) is 2. The molecule has 1 saturated heterocycles. The predicted molar refractivity (Wildman–Crippen MR) is 67.4 cm³/mol. The van der Waals surface area contributed by atoms with Crippen molar-refractivity contribution in [1.82, 2.24) is 9.80 Å². The lowest BCUT2D eigenvalue weighted by molar-refractivity contribution is -0.136. The second kappa shape index (κ2) is 6.24. The predicted octanol–water partition coefficient (Wildman–Crippen LogP) is 1.98. The Morgan fingerprint density at radius 2 is 1.75 bits per heavy atom.